The SMILES string of the molecule is CC(CC(NC(=O)OCc1ccccc1)C(=O)NCC#N)c1ccccc1. The molecule has 140 valence electrons. The zero-order valence-electron chi connectivity index (χ0n) is 15.2. The topological polar surface area (TPSA) is 91.2 Å². The summed E-state index contributed by atoms with van der Waals surface area (Å²) in [5.74, 6) is -0.366. The lowest BCUT2D eigenvalue weighted by Crippen LogP contribution is -2.47. The van der Waals surface area contributed by atoms with Crippen molar-refractivity contribution in [3.05, 3.63) is 71.8 Å². The molecule has 0 aliphatic heterocycles. The van der Waals surface area contributed by atoms with Gasteiger partial charge in [-0.1, -0.05) is 67.6 Å². The molecule has 0 aliphatic carbocycles. The van der Waals surface area contributed by atoms with Crippen molar-refractivity contribution in [2.45, 2.75) is 31.9 Å². The zero-order chi connectivity index (χ0) is 19.5. The van der Waals surface area contributed by atoms with E-state index in [0.29, 0.717) is 6.42 Å². The van der Waals surface area contributed by atoms with Gasteiger partial charge in [-0.25, -0.2) is 4.79 Å². The van der Waals surface area contributed by atoms with E-state index in [2.05, 4.69) is 10.6 Å². The smallest absolute Gasteiger partial charge is 0.408 e. The molecular weight excluding hydrogens is 342 g/mol. The van der Waals surface area contributed by atoms with Gasteiger partial charge in [-0.15, -0.1) is 0 Å². The molecule has 2 amide bonds. The molecule has 0 fully saturated rings. The van der Waals surface area contributed by atoms with Gasteiger partial charge >= 0.3 is 6.09 Å². The molecule has 0 aliphatic rings. The van der Waals surface area contributed by atoms with Gasteiger partial charge in [0.05, 0.1) is 6.07 Å². The Labute approximate surface area is 159 Å². The van der Waals surface area contributed by atoms with E-state index >= 15 is 0 Å². The highest BCUT2D eigenvalue weighted by Gasteiger charge is 2.24. The average molecular weight is 365 g/mol. The number of alkyl carbamates (subject to hydrolysis) is 1. The molecule has 0 heterocycles. The second-order valence-electron chi connectivity index (χ2n) is 6.18. The second-order valence-corrected chi connectivity index (χ2v) is 6.18. The Morgan fingerprint density at radius 2 is 1.70 bits per heavy atom. The first-order valence-electron chi connectivity index (χ1n) is 8.77. The van der Waals surface area contributed by atoms with Gasteiger partial charge in [0.25, 0.3) is 0 Å². The van der Waals surface area contributed by atoms with E-state index < -0.39 is 18.0 Å². The maximum absolute atomic E-state index is 12.3. The maximum Gasteiger partial charge on any atom is 0.408 e. The zero-order valence-corrected chi connectivity index (χ0v) is 15.2. The van der Waals surface area contributed by atoms with Crippen LogP contribution in [0.3, 0.4) is 0 Å². The Balaban J connectivity index is 1.97. The van der Waals surface area contributed by atoms with E-state index in [0.717, 1.165) is 11.1 Å². The summed E-state index contributed by atoms with van der Waals surface area (Å²) >= 11 is 0. The van der Waals surface area contributed by atoms with Crippen LogP contribution in [0.25, 0.3) is 0 Å². The maximum atomic E-state index is 12.3. The molecule has 0 saturated heterocycles. The van der Waals surface area contributed by atoms with Crippen molar-refractivity contribution < 1.29 is 14.3 Å². The van der Waals surface area contributed by atoms with E-state index in [1.807, 2.05) is 73.7 Å². The number of ether oxygens (including phenoxy) is 1. The van der Waals surface area contributed by atoms with Crippen LogP contribution in [0.2, 0.25) is 0 Å². The third-order valence-corrected chi connectivity index (χ3v) is 4.12. The summed E-state index contributed by atoms with van der Waals surface area (Å²) in [6, 6.07) is 20.1. The molecule has 0 radical (unpaired) electrons. The molecule has 27 heavy (non-hydrogen) atoms. The summed E-state index contributed by atoms with van der Waals surface area (Å²) < 4.78 is 5.21. The summed E-state index contributed by atoms with van der Waals surface area (Å²) in [5.41, 5.74) is 1.92. The van der Waals surface area contributed by atoms with Crippen LogP contribution >= 0.6 is 0 Å². The minimum atomic E-state index is -0.795. The quantitative estimate of drug-likeness (QED) is 0.703. The van der Waals surface area contributed by atoms with Crippen molar-refractivity contribution in [3.8, 4) is 6.07 Å². The Hall–Kier alpha value is -3.33. The van der Waals surface area contributed by atoms with Crippen molar-refractivity contribution in [2.24, 2.45) is 0 Å². The van der Waals surface area contributed by atoms with Crippen LogP contribution in [0.15, 0.2) is 60.7 Å². The molecule has 2 atom stereocenters. The number of carbonyl (C=O) groups excluding carboxylic acids is 2. The molecule has 0 aromatic heterocycles. The number of rotatable bonds is 8. The highest BCUT2D eigenvalue weighted by atomic mass is 16.5. The summed E-state index contributed by atoms with van der Waals surface area (Å²) in [4.78, 5) is 24.5. The fourth-order valence-corrected chi connectivity index (χ4v) is 2.66. The van der Waals surface area contributed by atoms with Crippen molar-refractivity contribution >= 4 is 12.0 Å². The van der Waals surface area contributed by atoms with Crippen molar-refractivity contribution in [2.75, 3.05) is 6.54 Å². The molecule has 2 rings (SSSR count). The van der Waals surface area contributed by atoms with Gasteiger partial charge in [-0.05, 0) is 23.5 Å². The van der Waals surface area contributed by atoms with Gasteiger partial charge in [0.15, 0.2) is 0 Å². The van der Waals surface area contributed by atoms with Crippen LogP contribution in [0, 0.1) is 11.3 Å². The van der Waals surface area contributed by atoms with E-state index in [-0.39, 0.29) is 19.1 Å². The molecule has 2 aromatic rings. The number of carbonyl (C=O) groups is 2. The van der Waals surface area contributed by atoms with Crippen LogP contribution < -0.4 is 10.6 Å². The van der Waals surface area contributed by atoms with Gasteiger partial charge in [0.2, 0.25) is 5.91 Å². The molecule has 6 heteroatoms. The third kappa shape index (κ3) is 6.83. The van der Waals surface area contributed by atoms with E-state index in [4.69, 9.17) is 10.00 Å². The van der Waals surface area contributed by atoms with Crippen LogP contribution in [-0.2, 0) is 16.1 Å². The first-order valence-corrected chi connectivity index (χ1v) is 8.77. The van der Waals surface area contributed by atoms with Gasteiger partial charge in [-0.3, -0.25) is 4.79 Å². The lowest BCUT2D eigenvalue weighted by atomic mass is 9.93. The number of hydrogen-bond donors (Lipinski definition) is 2. The average Bonchev–Trinajstić information content (AvgIpc) is 2.71. The van der Waals surface area contributed by atoms with Crippen LogP contribution in [-0.4, -0.2) is 24.6 Å². The first-order chi connectivity index (χ1) is 13.1. The van der Waals surface area contributed by atoms with Gasteiger partial charge in [-0.2, -0.15) is 5.26 Å². The summed E-state index contributed by atoms with van der Waals surface area (Å²) in [6.45, 7) is 1.99. The lowest BCUT2D eigenvalue weighted by Gasteiger charge is -2.21. The predicted molar refractivity (Wildman–Crippen MR) is 102 cm³/mol. The molecule has 2 unspecified atom stereocenters. The number of amides is 2. The van der Waals surface area contributed by atoms with Gasteiger partial charge < -0.3 is 15.4 Å². The molecule has 6 nitrogen and oxygen atoms in total. The molecule has 0 spiro atoms. The largest absolute Gasteiger partial charge is 0.445 e. The highest BCUT2D eigenvalue weighted by Crippen LogP contribution is 2.20. The fraction of sp³-hybridized carbons (Fsp3) is 0.286. The molecule has 2 N–H and O–H groups in total. The predicted octanol–water partition coefficient (Wildman–Crippen LogP) is 3.11. The highest BCUT2D eigenvalue weighted by molar-refractivity contribution is 5.85. The van der Waals surface area contributed by atoms with E-state index in [1.54, 1.807) is 0 Å². The Morgan fingerprint density at radius 3 is 2.33 bits per heavy atom. The lowest BCUT2D eigenvalue weighted by molar-refractivity contribution is -0.123. The Bertz CT molecular complexity index is 772. The number of nitrogens with zero attached hydrogens (tertiary/aromatic N) is 1. The van der Waals surface area contributed by atoms with Gasteiger partial charge in [0, 0.05) is 0 Å². The van der Waals surface area contributed by atoms with Crippen LogP contribution in [0.1, 0.15) is 30.4 Å². The number of hydrogen-bond acceptors (Lipinski definition) is 4. The van der Waals surface area contributed by atoms with E-state index in [9.17, 15) is 9.59 Å². The summed E-state index contributed by atoms with van der Waals surface area (Å²) in [7, 11) is 0. The van der Waals surface area contributed by atoms with Crippen LogP contribution in [0.5, 0.6) is 0 Å². The Kier molecular flexibility index (Phi) is 7.86. The normalized spacial score (nSPS) is 12.3. The fourth-order valence-electron chi connectivity index (χ4n) is 2.66. The van der Waals surface area contributed by atoms with Crippen LogP contribution in [0.4, 0.5) is 4.79 Å². The van der Waals surface area contributed by atoms with Gasteiger partial charge in [0.1, 0.15) is 19.2 Å². The molecular formula is C21H23N3O3. The minimum Gasteiger partial charge on any atom is -0.445 e. The molecule has 2 aromatic carbocycles. The first kappa shape index (κ1) is 20.0. The minimum absolute atomic E-state index is 0.0402. The number of benzene rings is 2. The Morgan fingerprint density at radius 1 is 1.07 bits per heavy atom. The summed E-state index contributed by atoms with van der Waals surface area (Å²) in [6.07, 6.45) is -0.280. The monoisotopic (exact) mass is 365 g/mol. The number of nitrogens with one attached hydrogen (secondary N) is 2. The standard InChI is InChI=1S/C21H23N3O3/c1-16(18-10-6-3-7-11-18)14-19(20(25)23-13-12-22)24-21(26)27-15-17-8-4-2-5-9-17/h2-11,16,19H,13-15H2,1H3,(H,23,25)(H,24,26). The third-order valence-electron chi connectivity index (χ3n) is 4.12. The second kappa shape index (κ2) is 10.6. The van der Waals surface area contributed by atoms with Crippen molar-refractivity contribution in [3.63, 3.8) is 0 Å². The van der Waals surface area contributed by atoms with Crippen molar-refractivity contribution in [1.82, 2.24) is 10.6 Å². The van der Waals surface area contributed by atoms with Crippen molar-refractivity contribution in [1.29, 1.82) is 5.26 Å². The molecule has 0 saturated carbocycles. The number of nitriles is 1. The van der Waals surface area contributed by atoms with E-state index in [1.165, 1.54) is 0 Å². The summed E-state index contributed by atoms with van der Waals surface area (Å²) in [5, 5.41) is 13.8. The molecule has 0 bridgehead atoms.